The van der Waals surface area contributed by atoms with Gasteiger partial charge in [0, 0.05) is 5.41 Å². The maximum absolute atomic E-state index is 13.2. The van der Waals surface area contributed by atoms with E-state index in [0.29, 0.717) is 28.6 Å². The fourth-order valence-corrected chi connectivity index (χ4v) is 11.2. The molecule has 1 N–H and O–H groups in total. The maximum atomic E-state index is 13.2. The third kappa shape index (κ3) is 3.57. The van der Waals surface area contributed by atoms with Crippen LogP contribution in [0.5, 0.6) is 0 Å². The highest BCUT2D eigenvalue weighted by Crippen LogP contribution is 2.68. The summed E-state index contributed by atoms with van der Waals surface area (Å²) in [6.45, 7) is 11.7. The molecule has 0 aliphatic heterocycles. The van der Waals surface area contributed by atoms with Gasteiger partial charge in [0.1, 0.15) is 0 Å². The average molecular weight is 485 g/mol. The van der Waals surface area contributed by atoms with Gasteiger partial charge < -0.3 is 5.11 Å². The Labute approximate surface area is 207 Å². The van der Waals surface area contributed by atoms with E-state index in [-0.39, 0.29) is 34.0 Å². The molecule has 0 aromatic heterocycles. The summed E-state index contributed by atoms with van der Waals surface area (Å²) in [6, 6.07) is 9.00. The van der Waals surface area contributed by atoms with E-state index in [4.69, 9.17) is 0 Å². The summed E-state index contributed by atoms with van der Waals surface area (Å²) < 4.78 is 26.3. The van der Waals surface area contributed by atoms with Crippen molar-refractivity contribution in [3.8, 4) is 0 Å². The number of sulfone groups is 1. The zero-order valence-electron chi connectivity index (χ0n) is 21.8. The molecule has 34 heavy (non-hydrogen) atoms. The van der Waals surface area contributed by atoms with Crippen molar-refractivity contribution in [1.82, 2.24) is 0 Å². The molecular formula is C30H44O3S. The van der Waals surface area contributed by atoms with E-state index in [0.717, 1.165) is 25.7 Å². The molecule has 4 heteroatoms. The zero-order chi connectivity index (χ0) is 24.5. The first kappa shape index (κ1) is 24.6. The lowest BCUT2D eigenvalue weighted by molar-refractivity contribution is -0.0770. The average Bonchev–Trinajstić information content (AvgIpc) is 3.14. The van der Waals surface area contributed by atoms with E-state index in [1.54, 1.807) is 12.1 Å². The predicted octanol–water partition coefficient (Wildman–Crippen LogP) is 6.67. The fourth-order valence-electron chi connectivity index (χ4n) is 9.55. The van der Waals surface area contributed by atoms with Crippen molar-refractivity contribution in [1.29, 1.82) is 0 Å². The Morgan fingerprint density at radius 2 is 1.68 bits per heavy atom. The summed E-state index contributed by atoms with van der Waals surface area (Å²) >= 11 is 0. The molecule has 3 nitrogen and oxygen atoms in total. The van der Waals surface area contributed by atoms with Crippen molar-refractivity contribution in [3.05, 3.63) is 42.0 Å². The van der Waals surface area contributed by atoms with Gasteiger partial charge in [-0.1, -0.05) is 64.5 Å². The Hall–Kier alpha value is -1.13. The standard InChI is InChI=1S/C30H44O3S/c1-20(19-34(32,33)21-9-7-6-8-10-21)23-12-13-24-22-11-14-26-28(2,3)27(31)16-18-30(26,5)25(22)15-17-29(23,24)4/h6-10,14,20,22-25,27,31H,11-13,15-19H2,1-5H3/t20-,22+,23+,24+,25+,27+,29-,30+/m1/s1. The molecule has 8 atom stereocenters. The highest BCUT2D eigenvalue weighted by atomic mass is 32.2. The van der Waals surface area contributed by atoms with Crippen LogP contribution in [0.4, 0.5) is 0 Å². The van der Waals surface area contributed by atoms with Crippen LogP contribution in [0.3, 0.4) is 0 Å². The first-order valence-electron chi connectivity index (χ1n) is 13.6. The third-order valence-electron chi connectivity index (χ3n) is 11.3. The highest BCUT2D eigenvalue weighted by Gasteiger charge is 2.61. The molecule has 0 heterocycles. The van der Waals surface area contributed by atoms with E-state index in [1.165, 1.54) is 24.8 Å². The molecule has 188 valence electrons. The second-order valence-electron chi connectivity index (χ2n) is 13.2. The molecule has 0 unspecified atom stereocenters. The Morgan fingerprint density at radius 3 is 2.38 bits per heavy atom. The van der Waals surface area contributed by atoms with Gasteiger partial charge in [0.2, 0.25) is 0 Å². The van der Waals surface area contributed by atoms with Gasteiger partial charge in [0.15, 0.2) is 9.84 Å². The van der Waals surface area contributed by atoms with Gasteiger partial charge in [-0.2, -0.15) is 0 Å². The van der Waals surface area contributed by atoms with Crippen LogP contribution < -0.4 is 0 Å². The number of allylic oxidation sites excluding steroid dienone is 1. The van der Waals surface area contributed by atoms with Crippen molar-refractivity contribution < 1.29 is 13.5 Å². The molecule has 0 amide bonds. The highest BCUT2D eigenvalue weighted by molar-refractivity contribution is 7.91. The lowest BCUT2D eigenvalue weighted by Gasteiger charge is -2.61. The lowest BCUT2D eigenvalue weighted by atomic mass is 9.44. The van der Waals surface area contributed by atoms with Crippen molar-refractivity contribution in [2.45, 2.75) is 90.6 Å². The third-order valence-corrected chi connectivity index (χ3v) is 13.2. The number of hydrogen-bond donors (Lipinski definition) is 1. The summed E-state index contributed by atoms with van der Waals surface area (Å²) in [5.41, 5.74) is 1.82. The van der Waals surface area contributed by atoms with Crippen LogP contribution in [-0.2, 0) is 9.84 Å². The van der Waals surface area contributed by atoms with Gasteiger partial charge in [0.05, 0.1) is 16.8 Å². The summed E-state index contributed by atoms with van der Waals surface area (Å²) in [4.78, 5) is 0.463. The van der Waals surface area contributed by atoms with E-state index in [9.17, 15) is 13.5 Å². The first-order chi connectivity index (χ1) is 15.9. The quantitative estimate of drug-likeness (QED) is 0.485. The summed E-state index contributed by atoms with van der Waals surface area (Å²) in [5, 5.41) is 10.8. The van der Waals surface area contributed by atoms with Crippen molar-refractivity contribution in [3.63, 3.8) is 0 Å². The number of aliphatic hydroxyl groups is 1. The molecule has 3 saturated carbocycles. The molecule has 0 saturated heterocycles. The minimum atomic E-state index is -3.26. The molecular weight excluding hydrogens is 440 g/mol. The van der Waals surface area contributed by atoms with E-state index < -0.39 is 9.84 Å². The van der Waals surface area contributed by atoms with E-state index in [2.05, 4.69) is 40.7 Å². The van der Waals surface area contributed by atoms with Crippen LogP contribution in [0.1, 0.15) is 79.6 Å². The number of benzene rings is 1. The largest absolute Gasteiger partial charge is 0.392 e. The summed E-state index contributed by atoms with van der Waals surface area (Å²) in [6.07, 6.45) is 10.3. The van der Waals surface area contributed by atoms with Crippen LogP contribution in [0.2, 0.25) is 0 Å². The predicted molar refractivity (Wildman–Crippen MR) is 138 cm³/mol. The fraction of sp³-hybridized carbons (Fsp3) is 0.733. The number of hydrogen-bond acceptors (Lipinski definition) is 3. The number of aliphatic hydroxyl groups excluding tert-OH is 1. The van der Waals surface area contributed by atoms with Crippen LogP contribution in [0, 0.1) is 45.8 Å². The first-order valence-corrected chi connectivity index (χ1v) is 15.2. The molecule has 1 aromatic rings. The summed E-state index contributed by atoms with van der Waals surface area (Å²) in [5.74, 6) is 2.97. The van der Waals surface area contributed by atoms with Crippen molar-refractivity contribution >= 4 is 9.84 Å². The van der Waals surface area contributed by atoms with Crippen LogP contribution in [0.15, 0.2) is 46.9 Å². The normalized spacial score (nSPS) is 42.2. The van der Waals surface area contributed by atoms with E-state index in [1.807, 2.05) is 18.2 Å². The maximum Gasteiger partial charge on any atom is 0.178 e. The molecule has 0 spiro atoms. The zero-order valence-corrected chi connectivity index (χ0v) is 22.6. The SMILES string of the molecule is C[C@H](CS(=O)(=O)c1ccccc1)[C@@H]1CC[C@H]2[C@@H]3CC=C4C(C)(C)[C@@H](O)CC[C@@]4(C)[C@H]3CC[C@@]21C. The van der Waals surface area contributed by atoms with Crippen LogP contribution in [-0.4, -0.2) is 25.4 Å². The van der Waals surface area contributed by atoms with Crippen molar-refractivity contribution in [2.75, 3.05) is 5.75 Å². The molecule has 0 bridgehead atoms. The monoisotopic (exact) mass is 484 g/mol. The smallest absolute Gasteiger partial charge is 0.178 e. The minimum absolute atomic E-state index is 0.128. The van der Waals surface area contributed by atoms with Gasteiger partial charge in [0.25, 0.3) is 0 Å². The van der Waals surface area contributed by atoms with Crippen molar-refractivity contribution in [2.24, 2.45) is 45.8 Å². The Morgan fingerprint density at radius 1 is 0.971 bits per heavy atom. The Balaban J connectivity index is 1.39. The number of rotatable bonds is 4. The second kappa shape index (κ2) is 8.20. The summed E-state index contributed by atoms with van der Waals surface area (Å²) in [7, 11) is -3.26. The molecule has 3 fully saturated rings. The van der Waals surface area contributed by atoms with Crippen LogP contribution in [0.25, 0.3) is 0 Å². The molecule has 4 aliphatic rings. The van der Waals surface area contributed by atoms with E-state index >= 15 is 0 Å². The Bertz CT molecular complexity index is 1060. The Kier molecular flexibility index (Phi) is 5.92. The van der Waals surface area contributed by atoms with Gasteiger partial charge in [-0.3, -0.25) is 0 Å². The molecule has 5 rings (SSSR count). The molecule has 4 aliphatic carbocycles. The molecule has 0 radical (unpaired) electrons. The second-order valence-corrected chi connectivity index (χ2v) is 15.3. The molecule has 1 aromatic carbocycles. The topological polar surface area (TPSA) is 54.4 Å². The van der Waals surface area contributed by atoms with Gasteiger partial charge >= 0.3 is 0 Å². The number of fused-ring (bicyclic) bond motifs is 5. The van der Waals surface area contributed by atoms with Gasteiger partial charge in [-0.05, 0) is 97.5 Å². The minimum Gasteiger partial charge on any atom is -0.392 e. The lowest BCUT2D eigenvalue weighted by Crippen LogP contribution is -2.54. The van der Waals surface area contributed by atoms with Gasteiger partial charge in [-0.25, -0.2) is 8.42 Å². The van der Waals surface area contributed by atoms with Gasteiger partial charge in [-0.15, -0.1) is 0 Å². The van der Waals surface area contributed by atoms with Crippen LogP contribution >= 0.6 is 0 Å².